The molecule has 6 rings (SSSR count). The third kappa shape index (κ3) is 8.99. The van der Waals surface area contributed by atoms with Gasteiger partial charge >= 0.3 is 0 Å². The van der Waals surface area contributed by atoms with E-state index in [9.17, 15) is 10.8 Å². The number of nitrogens with zero attached hydrogens (tertiary/aromatic N) is 4. The Labute approximate surface area is 338 Å². The van der Waals surface area contributed by atoms with Gasteiger partial charge in [0, 0.05) is 47.3 Å². The number of ketones is 1. The molecule has 6 aromatic rings. The molecule has 0 saturated carbocycles. The lowest BCUT2D eigenvalue weighted by molar-refractivity contribution is -0.123. The Morgan fingerprint density at radius 2 is 1.00 bits per heavy atom. The molecule has 0 fully saturated rings. The van der Waals surface area contributed by atoms with E-state index < -0.39 is 23.7 Å². The van der Waals surface area contributed by atoms with E-state index in [0.29, 0.717) is 58.6 Å². The van der Waals surface area contributed by atoms with Crippen LogP contribution in [0.2, 0.25) is 0 Å². The molecule has 0 aliphatic rings. The first-order chi connectivity index (χ1) is 28.2. The van der Waals surface area contributed by atoms with Crippen LogP contribution in [0.1, 0.15) is 61.3 Å². The molecule has 4 N–H and O–H groups in total. The lowest BCUT2D eigenvalue weighted by Crippen LogP contribution is -2.40. The summed E-state index contributed by atoms with van der Waals surface area (Å²) in [7, 11) is 6.32. The van der Waals surface area contributed by atoms with E-state index in [-0.39, 0.29) is 30.0 Å². The summed E-state index contributed by atoms with van der Waals surface area (Å²) in [6.45, 7) is 3.96. The Morgan fingerprint density at radius 1 is 0.603 bits per heavy atom. The van der Waals surface area contributed by atoms with E-state index in [1.54, 1.807) is 89.9 Å². The van der Waals surface area contributed by atoms with Gasteiger partial charge in [-0.25, -0.2) is 9.97 Å². The van der Waals surface area contributed by atoms with Gasteiger partial charge in [0.25, 0.3) is 0 Å². The second-order valence-corrected chi connectivity index (χ2v) is 13.9. The molecule has 13 heteroatoms. The molecule has 0 spiro atoms. The number of aromatic nitrogens is 6. The van der Waals surface area contributed by atoms with Gasteiger partial charge in [0.15, 0.2) is 5.78 Å². The highest BCUT2D eigenvalue weighted by molar-refractivity contribution is 6.15. The number of aromatic amines is 2. The maximum Gasteiger partial charge on any atom is 0.150 e. The van der Waals surface area contributed by atoms with Crippen LogP contribution in [0.5, 0.6) is 23.0 Å². The maximum absolute atomic E-state index is 15.7. The van der Waals surface area contributed by atoms with Gasteiger partial charge < -0.3 is 39.7 Å². The Morgan fingerprint density at radius 3 is 1.34 bits per heavy atom. The summed E-state index contributed by atoms with van der Waals surface area (Å²) < 4.78 is 22.8. The lowest BCUT2D eigenvalue weighted by Gasteiger charge is -2.29. The zero-order valence-electron chi connectivity index (χ0n) is 33.7. The molecule has 0 amide bonds. The van der Waals surface area contributed by atoms with Gasteiger partial charge in [-0.1, -0.05) is 13.8 Å². The van der Waals surface area contributed by atoms with E-state index in [0.717, 1.165) is 22.5 Å². The van der Waals surface area contributed by atoms with Crippen LogP contribution in [0, 0.1) is 22.7 Å². The molecule has 0 radical (unpaired) electrons. The summed E-state index contributed by atoms with van der Waals surface area (Å²) >= 11 is 0. The summed E-state index contributed by atoms with van der Waals surface area (Å²) in [5.41, 5.74) is 5.11. The molecule has 0 saturated heterocycles. The van der Waals surface area contributed by atoms with Gasteiger partial charge in [-0.3, -0.25) is 14.8 Å². The smallest absolute Gasteiger partial charge is 0.150 e. The largest absolute Gasteiger partial charge is 0.497 e. The monoisotopic (exact) mass is 782 g/mol. The number of benzene rings is 2. The maximum atomic E-state index is 15.7. The highest BCUT2D eigenvalue weighted by atomic mass is 16.5. The molecule has 13 nitrogen and oxygen atoms in total. The fraction of sp³-hybridized carbons (Fsp3) is 0.311. The number of H-pyrrole nitrogens is 2. The van der Waals surface area contributed by atoms with Gasteiger partial charge in [0.2, 0.25) is 0 Å². The third-order valence-corrected chi connectivity index (χ3v) is 10.7. The molecule has 58 heavy (non-hydrogen) atoms. The van der Waals surface area contributed by atoms with Crippen LogP contribution in [0.4, 0.5) is 0 Å². The van der Waals surface area contributed by atoms with Crippen molar-refractivity contribution in [2.24, 2.45) is 11.8 Å². The Bertz CT molecular complexity index is 2160. The van der Waals surface area contributed by atoms with Crippen molar-refractivity contribution < 1.29 is 23.7 Å². The average Bonchev–Trinajstić information content (AvgIpc) is 3.97. The zero-order valence-corrected chi connectivity index (χ0v) is 33.7. The minimum absolute atomic E-state index is 0.120. The SMILES string of the molecule is CCC(C(=N)C(Cc1cc(OC)ccc1OC)C(=O)C(Cc1cc(OC)ccc1OC)C(=N)C(CC)c1ncc(-c2ccncc2)[nH]1)c1ncc(-c2ccncc2)[nH]1. The van der Waals surface area contributed by atoms with Crippen LogP contribution in [-0.2, 0) is 17.6 Å². The number of hydrogen-bond acceptors (Lipinski definition) is 11. The molecule has 0 aliphatic carbocycles. The fourth-order valence-electron chi connectivity index (χ4n) is 7.48. The molecule has 0 aliphatic heterocycles. The van der Waals surface area contributed by atoms with E-state index in [2.05, 4.69) is 19.9 Å². The van der Waals surface area contributed by atoms with Crippen LogP contribution < -0.4 is 18.9 Å². The van der Waals surface area contributed by atoms with Gasteiger partial charge in [0.05, 0.1) is 75.9 Å². The highest BCUT2D eigenvalue weighted by Gasteiger charge is 2.40. The number of rotatable bonds is 20. The molecule has 2 aromatic carbocycles. The molecule has 0 bridgehead atoms. The highest BCUT2D eigenvalue weighted by Crippen LogP contribution is 2.36. The number of imidazole rings is 2. The van der Waals surface area contributed by atoms with E-state index in [4.69, 9.17) is 28.9 Å². The number of carbonyl (C=O) groups excluding carboxylic acids is 1. The van der Waals surface area contributed by atoms with Gasteiger partial charge in [-0.05, 0) is 97.5 Å². The first kappa shape index (κ1) is 41.0. The number of nitrogens with one attached hydrogen (secondary N) is 4. The van der Waals surface area contributed by atoms with Crippen molar-refractivity contribution in [3.63, 3.8) is 0 Å². The predicted octanol–water partition coefficient (Wildman–Crippen LogP) is 8.31. The minimum Gasteiger partial charge on any atom is -0.497 e. The molecule has 4 aromatic heterocycles. The standard InChI is InChI=1S/C45H50N8O5/c1-7-33(44-50-25-37(52-44)27-13-17-48-18-14-27)41(46)35(23-29-21-31(55-3)9-11-39(29)57-5)43(54)36(24-30-22-32(56-4)10-12-40(30)58-6)42(47)34(8-2)45-51-26-38(53-45)28-15-19-49-20-16-28/h9-22,25-26,33-36,46-47H,7-8,23-24H2,1-6H3,(H,50,52)(H,51,53). The Hall–Kier alpha value is -6.63. The van der Waals surface area contributed by atoms with Crippen molar-refractivity contribution in [2.45, 2.75) is 51.4 Å². The Kier molecular flexibility index (Phi) is 13.4. The van der Waals surface area contributed by atoms with Gasteiger partial charge in [-0.2, -0.15) is 0 Å². The molecule has 4 unspecified atom stereocenters. The summed E-state index contributed by atoms with van der Waals surface area (Å²) in [4.78, 5) is 40.3. The normalized spacial score (nSPS) is 13.2. The number of ether oxygens (including phenoxy) is 4. The first-order valence-electron chi connectivity index (χ1n) is 19.3. The predicted molar refractivity (Wildman–Crippen MR) is 224 cm³/mol. The van der Waals surface area contributed by atoms with Crippen LogP contribution in [0.25, 0.3) is 22.5 Å². The Balaban J connectivity index is 1.46. The van der Waals surface area contributed by atoms with Crippen molar-refractivity contribution in [1.82, 2.24) is 29.9 Å². The lowest BCUT2D eigenvalue weighted by atomic mass is 9.74. The summed E-state index contributed by atoms with van der Waals surface area (Å²) in [5, 5.41) is 19.9. The van der Waals surface area contributed by atoms with Crippen molar-refractivity contribution in [2.75, 3.05) is 28.4 Å². The van der Waals surface area contributed by atoms with Crippen molar-refractivity contribution in [3.8, 4) is 45.5 Å². The van der Waals surface area contributed by atoms with Crippen LogP contribution >= 0.6 is 0 Å². The van der Waals surface area contributed by atoms with Crippen molar-refractivity contribution in [1.29, 1.82) is 10.8 Å². The molecule has 300 valence electrons. The summed E-state index contributed by atoms with van der Waals surface area (Å²) in [5.74, 6) is 0.0721. The second-order valence-electron chi connectivity index (χ2n) is 13.9. The second kappa shape index (κ2) is 19.0. The average molecular weight is 783 g/mol. The number of carbonyl (C=O) groups is 1. The topological polar surface area (TPSA) is 185 Å². The van der Waals surface area contributed by atoms with Gasteiger partial charge in [-0.15, -0.1) is 0 Å². The quantitative estimate of drug-likeness (QED) is 0.0553. The van der Waals surface area contributed by atoms with Crippen molar-refractivity contribution in [3.05, 3.63) is 121 Å². The number of pyridine rings is 2. The van der Waals surface area contributed by atoms with Crippen LogP contribution in [0.3, 0.4) is 0 Å². The zero-order chi connectivity index (χ0) is 41.2. The molecular formula is C45H50N8O5. The van der Waals surface area contributed by atoms with Crippen LogP contribution in [-0.4, -0.2) is 75.5 Å². The number of methoxy groups -OCH3 is 4. The van der Waals surface area contributed by atoms with E-state index >= 15 is 4.79 Å². The number of hydrogen-bond donors (Lipinski definition) is 4. The number of Topliss-reactive ketones (excluding diaryl/α,β-unsaturated/α-hetero) is 1. The first-order valence-corrected chi connectivity index (χ1v) is 19.3. The molecule has 4 atom stereocenters. The summed E-state index contributed by atoms with van der Waals surface area (Å²) in [6, 6.07) is 18.4. The van der Waals surface area contributed by atoms with Gasteiger partial charge in [0.1, 0.15) is 34.6 Å². The van der Waals surface area contributed by atoms with E-state index in [1.807, 2.05) is 50.2 Å². The minimum atomic E-state index is -0.996. The fourth-order valence-corrected chi connectivity index (χ4v) is 7.48. The summed E-state index contributed by atoms with van der Waals surface area (Å²) in [6.07, 6.45) is 11.6. The van der Waals surface area contributed by atoms with E-state index in [1.165, 1.54) is 0 Å². The third-order valence-electron chi connectivity index (χ3n) is 10.7. The van der Waals surface area contributed by atoms with Crippen molar-refractivity contribution >= 4 is 17.2 Å². The van der Waals surface area contributed by atoms with Crippen LogP contribution in [0.15, 0.2) is 97.8 Å². The molecular weight excluding hydrogens is 733 g/mol. The molecule has 4 heterocycles.